The standard InChI is InChI=1S/C57H73Cl2FN8O5Si/c1-64-46-31-36(13-18-43(46)68(54(64)73)44-19-20-47(69)62-51(44)70)21-26-66-34-55(35-66)24-27-65(28-25-55)33-37-11-15-39(16-12-37)61-52(71)50-48(40-9-8-10-42(59)49(40)60)57(56(63-50)22-6-5-7-23-56)41-17-14-38(58)32-45(41)67(53(57)72)29-30-74(2,3)4/h8-10,13-14,17-18,31-32,37,39,44,48,50,63H,5-7,11-12,15-16,19-30,33-35H2,1-4H3,(H,61,71)(H,62,69,70)/t37?,39?,44?,48-,50+,57+/m0/s1. The number of benzene rings is 3. The van der Waals surface area contributed by atoms with Crippen LogP contribution in [0, 0.1) is 17.2 Å². The zero-order valence-electron chi connectivity index (χ0n) is 43.6. The molecular weight excluding hydrogens is 995 g/mol. The van der Waals surface area contributed by atoms with Gasteiger partial charge in [-0.15, -0.1) is 0 Å². The molecule has 6 fully saturated rings. The Morgan fingerprint density at radius 2 is 1.59 bits per heavy atom. The van der Waals surface area contributed by atoms with Gasteiger partial charge in [0.1, 0.15) is 17.3 Å². The summed E-state index contributed by atoms with van der Waals surface area (Å²) < 4.78 is 19.9. The van der Waals surface area contributed by atoms with Gasteiger partial charge < -0.3 is 20.0 Å². The molecule has 6 heterocycles. The molecule has 1 aromatic heterocycles. The van der Waals surface area contributed by atoms with Gasteiger partial charge >= 0.3 is 5.69 Å². The van der Waals surface area contributed by atoms with Crippen LogP contribution in [0.1, 0.15) is 112 Å². The molecule has 13 nitrogen and oxygen atoms in total. The number of likely N-dealkylation sites (tertiary alicyclic amines) is 2. The summed E-state index contributed by atoms with van der Waals surface area (Å²) in [5, 5.41) is 10.3. The fraction of sp³-hybridized carbons (Fsp3) is 0.596. The lowest BCUT2D eigenvalue weighted by atomic mass is 9.55. The quantitative estimate of drug-likeness (QED) is 0.0949. The van der Waals surface area contributed by atoms with E-state index in [9.17, 15) is 14.4 Å². The Hall–Kier alpha value is -4.38. The van der Waals surface area contributed by atoms with Crippen LogP contribution < -0.4 is 26.5 Å². The number of imidazole rings is 1. The minimum Gasteiger partial charge on any atom is -0.352 e. The molecule has 3 aromatic carbocycles. The maximum Gasteiger partial charge on any atom is 0.329 e. The van der Waals surface area contributed by atoms with Gasteiger partial charge in [-0.2, -0.15) is 0 Å². The van der Waals surface area contributed by atoms with Crippen molar-refractivity contribution in [3.63, 3.8) is 0 Å². The number of hydrogen-bond acceptors (Lipinski definition) is 8. The highest BCUT2D eigenvalue weighted by Gasteiger charge is 2.73. The summed E-state index contributed by atoms with van der Waals surface area (Å²) in [6.07, 6.45) is 11.8. The van der Waals surface area contributed by atoms with Crippen LogP contribution in [0.15, 0.2) is 59.4 Å². The third-order valence-electron chi connectivity index (χ3n) is 18.8. The number of anilines is 1. The number of nitrogens with zero attached hydrogens (tertiary/aromatic N) is 5. The lowest BCUT2D eigenvalue weighted by molar-refractivity contribution is -0.136. The predicted molar refractivity (Wildman–Crippen MR) is 291 cm³/mol. The summed E-state index contributed by atoms with van der Waals surface area (Å²) in [5.74, 6) is -1.81. The summed E-state index contributed by atoms with van der Waals surface area (Å²) in [5.41, 5.74) is 2.67. The first-order chi connectivity index (χ1) is 35.4. The second-order valence-corrected chi connectivity index (χ2v) is 31.1. The molecule has 4 atom stereocenters. The van der Waals surface area contributed by atoms with E-state index in [4.69, 9.17) is 23.2 Å². The maximum absolute atomic E-state index is 16.8. The summed E-state index contributed by atoms with van der Waals surface area (Å²) >= 11 is 13.3. The predicted octanol–water partition coefficient (Wildman–Crippen LogP) is 8.46. The first-order valence-corrected chi connectivity index (χ1v) is 32.0. The summed E-state index contributed by atoms with van der Waals surface area (Å²) in [6.45, 7) is 13.9. The van der Waals surface area contributed by atoms with Gasteiger partial charge in [0.2, 0.25) is 23.6 Å². The van der Waals surface area contributed by atoms with Crippen molar-refractivity contribution in [2.75, 3.05) is 50.7 Å². The number of hydrogen-bond donors (Lipinski definition) is 3. The zero-order chi connectivity index (χ0) is 51.9. The molecule has 1 unspecified atom stereocenters. The molecule has 2 aliphatic carbocycles. The number of carbonyl (C=O) groups is 4. The average molecular weight is 1070 g/mol. The number of amides is 4. The number of fused-ring (bicyclic) bond motifs is 4. The van der Waals surface area contributed by atoms with Crippen molar-refractivity contribution < 1.29 is 23.6 Å². The smallest absolute Gasteiger partial charge is 0.329 e. The van der Waals surface area contributed by atoms with E-state index in [2.05, 4.69) is 57.5 Å². The number of carbonyl (C=O) groups excluding carboxylic acids is 4. The summed E-state index contributed by atoms with van der Waals surface area (Å²) in [6, 6.07) is 16.2. The van der Waals surface area contributed by atoms with Crippen LogP contribution in [0.3, 0.4) is 0 Å². The number of nitrogens with one attached hydrogen (secondary N) is 3. The number of imide groups is 1. The molecule has 0 radical (unpaired) electrons. The van der Waals surface area contributed by atoms with Gasteiger partial charge in [-0.05, 0) is 142 Å². The van der Waals surface area contributed by atoms with Crippen LogP contribution in [0.25, 0.3) is 11.0 Å². The number of piperidine rings is 2. The van der Waals surface area contributed by atoms with Crippen molar-refractivity contribution >= 4 is 71.6 Å². The minimum absolute atomic E-state index is 0.0128. The Morgan fingerprint density at radius 3 is 2.31 bits per heavy atom. The molecule has 4 saturated heterocycles. The highest BCUT2D eigenvalue weighted by molar-refractivity contribution is 6.76. The maximum atomic E-state index is 16.8. The Bertz CT molecular complexity index is 2930. The topological polar surface area (TPSA) is 141 Å². The van der Waals surface area contributed by atoms with E-state index in [0.29, 0.717) is 53.2 Å². The lowest BCUT2D eigenvalue weighted by Gasteiger charge is -2.54. The van der Waals surface area contributed by atoms with Crippen LogP contribution in [-0.4, -0.2) is 114 Å². The summed E-state index contributed by atoms with van der Waals surface area (Å²) in [4.78, 5) is 75.8. The minimum atomic E-state index is -1.60. The van der Waals surface area contributed by atoms with Crippen LogP contribution >= 0.6 is 23.2 Å². The molecule has 17 heteroatoms. The molecular formula is C57H73Cl2FN8O5Si. The Kier molecular flexibility index (Phi) is 13.9. The van der Waals surface area contributed by atoms with Crippen LogP contribution in [0.2, 0.25) is 35.7 Å². The van der Waals surface area contributed by atoms with E-state index in [-0.39, 0.29) is 40.9 Å². The van der Waals surface area contributed by atoms with Crippen LogP contribution in [-0.2, 0) is 38.1 Å². The largest absolute Gasteiger partial charge is 0.352 e. The van der Waals surface area contributed by atoms with Crippen molar-refractivity contribution in [1.29, 1.82) is 0 Å². The molecule has 74 heavy (non-hydrogen) atoms. The van der Waals surface area contributed by atoms with Gasteiger partial charge in [0, 0.05) is 82.5 Å². The number of halogens is 3. The van der Waals surface area contributed by atoms with E-state index in [1.54, 1.807) is 29.8 Å². The average Bonchev–Trinajstić information content (AvgIpc) is 3.89. The van der Waals surface area contributed by atoms with Gasteiger partial charge in [0.15, 0.2) is 0 Å². The Labute approximate surface area is 445 Å². The van der Waals surface area contributed by atoms with Crippen molar-refractivity contribution in [3.8, 4) is 0 Å². The zero-order valence-corrected chi connectivity index (χ0v) is 46.1. The fourth-order valence-electron chi connectivity index (χ4n) is 14.9. The second-order valence-electron chi connectivity index (χ2n) is 24.6. The van der Waals surface area contributed by atoms with Crippen LogP contribution in [0.4, 0.5) is 10.1 Å². The van der Waals surface area contributed by atoms with Gasteiger partial charge in [-0.25, -0.2) is 9.18 Å². The van der Waals surface area contributed by atoms with E-state index in [0.717, 1.165) is 119 Å². The van der Waals surface area contributed by atoms with Crippen molar-refractivity contribution in [2.45, 2.75) is 151 Å². The Morgan fingerprint density at radius 1 is 0.851 bits per heavy atom. The van der Waals surface area contributed by atoms with Crippen molar-refractivity contribution in [1.82, 2.24) is 34.9 Å². The van der Waals surface area contributed by atoms with Crippen molar-refractivity contribution in [3.05, 3.63) is 97.6 Å². The Balaban J connectivity index is 0.711. The monoisotopic (exact) mass is 1070 g/mol. The molecule has 4 aromatic rings. The van der Waals surface area contributed by atoms with Crippen LogP contribution in [0.5, 0.6) is 0 Å². The molecule has 0 bridgehead atoms. The van der Waals surface area contributed by atoms with Gasteiger partial charge in [-0.3, -0.25) is 38.9 Å². The molecule has 3 spiro atoms. The molecule has 4 amide bonds. The molecule has 396 valence electrons. The van der Waals surface area contributed by atoms with E-state index < -0.39 is 48.8 Å². The first kappa shape index (κ1) is 51.7. The fourth-order valence-corrected chi connectivity index (χ4v) is 16.1. The lowest BCUT2D eigenvalue weighted by Crippen LogP contribution is -2.61. The third kappa shape index (κ3) is 9.10. The summed E-state index contributed by atoms with van der Waals surface area (Å²) in [7, 11) is 0.142. The van der Waals surface area contributed by atoms with E-state index in [1.165, 1.54) is 17.4 Å². The molecule has 3 N–H and O–H groups in total. The number of aromatic nitrogens is 2. The molecule has 5 aliphatic heterocycles. The highest BCUT2D eigenvalue weighted by atomic mass is 35.5. The molecule has 11 rings (SSSR count). The second kappa shape index (κ2) is 19.9. The highest BCUT2D eigenvalue weighted by Crippen LogP contribution is 2.64. The van der Waals surface area contributed by atoms with Gasteiger partial charge in [0.25, 0.3) is 0 Å². The van der Waals surface area contributed by atoms with Crippen molar-refractivity contribution in [2.24, 2.45) is 18.4 Å². The van der Waals surface area contributed by atoms with Gasteiger partial charge in [-0.1, -0.05) is 86.4 Å². The third-order valence-corrected chi connectivity index (χ3v) is 21.0. The molecule has 7 aliphatic rings. The van der Waals surface area contributed by atoms with E-state index in [1.807, 2.05) is 29.2 Å². The number of aryl methyl sites for hydroxylation is 1. The first-order valence-electron chi connectivity index (χ1n) is 27.5. The SMILES string of the molecule is Cn1c(=O)n(C2CCC(=O)NC2=O)c2ccc(CCN3CC4(CCN(CC5CCC(NC(=O)[C@@H]6NC7(CCCCC7)[C@@]7(C(=O)N(CC[Si](C)(C)C)c8cc(Cl)ccc87)[C@H]6c6cccc(Cl)c6F)CC5)CC4)C3)cc21. The van der Waals surface area contributed by atoms with Gasteiger partial charge in [0.05, 0.1) is 22.1 Å². The normalized spacial score (nSPS) is 28.1. The number of rotatable bonds is 12. The van der Waals surface area contributed by atoms with E-state index >= 15 is 14.0 Å². The molecule has 2 saturated carbocycles.